The predicted octanol–water partition coefficient (Wildman–Crippen LogP) is 4.45. The lowest BCUT2D eigenvalue weighted by Crippen LogP contribution is -2.38. The quantitative estimate of drug-likeness (QED) is 0.508. The molecule has 0 radical (unpaired) electrons. The molecular formula is C27H32N2O5. The number of alkyl carbamates (subject to hydrolysis) is 1. The maximum atomic E-state index is 12.5. The van der Waals surface area contributed by atoms with E-state index in [2.05, 4.69) is 34.9 Å². The summed E-state index contributed by atoms with van der Waals surface area (Å²) >= 11 is 0. The smallest absolute Gasteiger partial charge is 0.407 e. The van der Waals surface area contributed by atoms with Crippen LogP contribution in [0, 0.1) is 5.92 Å². The second-order valence-electron chi connectivity index (χ2n) is 9.37. The van der Waals surface area contributed by atoms with Crippen molar-refractivity contribution in [3.8, 4) is 11.1 Å². The molecule has 180 valence electrons. The third-order valence-corrected chi connectivity index (χ3v) is 6.89. The Kier molecular flexibility index (Phi) is 7.50. The SMILES string of the molecule is CC(CCCC(=O)O)NC(=O)[C@@H]1CC[C@H](NC(=O)OCC2c3ccccc3-c3ccccc32)C1. The number of nitrogens with one attached hydrogen (secondary N) is 2. The Morgan fingerprint density at radius 3 is 2.32 bits per heavy atom. The molecule has 1 saturated carbocycles. The molecule has 0 aliphatic heterocycles. The van der Waals surface area contributed by atoms with Crippen molar-refractivity contribution in [1.29, 1.82) is 0 Å². The van der Waals surface area contributed by atoms with Gasteiger partial charge in [-0.3, -0.25) is 9.59 Å². The van der Waals surface area contributed by atoms with Crippen LogP contribution in [0.1, 0.15) is 62.5 Å². The molecule has 1 fully saturated rings. The summed E-state index contributed by atoms with van der Waals surface area (Å²) in [5.41, 5.74) is 4.72. The minimum atomic E-state index is -0.823. The molecule has 2 aromatic carbocycles. The van der Waals surface area contributed by atoms with Crippen LogP contribution in [0.5, 0.6) is 0 Å². The summed E-state index contributed by atoms with van der Waals surface area (Å²) in [6.07, 6.45) is 2.85. The standard InChI is InChI=1S/C27H32N2O5/c1-17(7-6-12-25(30)31)28-26(32)18-13-14-19(15-18)29-27(33)34-16-24-22-10-4-2-8-20(22)21-9-3-5-11-23(21)24/h2-5,8-11,17-19,24H,6-7,12-16H2,1H3,(H,28,32)(H,29,33)(H,30,31)/t17?,18-,19+/m1/s1. The van der Waals surface area contributed by atoms with Crippen LogP contribution >= 0.6 is 0 Å². The number of carboxylic acid groups (broad SMARTS) is 1. The lowest BCUT2D eigenvalue weighted by Gasteiger charge is -2.18. The van der Waals surface area contributed by atoms with Crippen LogP contribution in [-0.2, 0) is 14.3 Å². The first-order valence-electron chi connectivity index (χ1n) is 12.1. The monoisotopic (exact) mass is 464 g/mol. The van der Waals surface area contributed by atoms with Crippen LogP contribution < -0.4 is 10.6 Å². The Morgan fingerprint density at radius 2 is 1.68 bits per heavy atom. The summed E-state index contributed by atoms with van der Waals surface area (Å²) in [5, 5.41) is 14.6. The van der Waals surface area contributed by atoms with Gasteiger partial charge in [0, 0.05) is 30.3 Å². The van der Waals surface area contributed by atoms with E-state index in [1.165, 1.54) is 22.3 Å². The molecule has 2 aliphatic rings. The van der Waals surface area contributed by atoms with Crippen LogP contribution in [0.25, 0.3) is 11.1 Å². The zero-order valence-corrected chi connectivity index (χ0v) is 19.5. The highest BCUT2D eigenvalue weighted by atomic mass is 16.5. The third kappa shape index (κ3) is 5.58. The Labute approximate surface area is 199 Å². The van der Waals surface area contributed by atoms with Gasteiger partial charge in [-0.15, -0.1) is 0 Å². The Balaban J connectivity index is 1.23. The Hall–Kier alpha value is -3.35. The van der Waals surface area contributed by atoms with Crippen LogP contribution in [0.3, 0.4) is 0 Å². The first kappa shape index (κ1) is 23.8. The van der Waals surface area contributed by atoms with Gasteiger partial charge < -0.3 is 20.5 Å². The number of fused-ring (bicyclic) bond motifs is 3. The fourth-order valence-electron chi connectivity index (χ4n) is 5.15. The van der Waals surface area contributed by atoms with E-state index in [1.54, 1.807) is 0 Å². The second kappa shape index (κ2) is 10.7. The average Bonchev–Trinajstić information content (AvgIpc) is 3.40. The van der Waals surface area contributed by atoms with Gasteiger partial charge >= 0.3 is 12.1 Å². The molecule has 0 saturated heterocycles. The molecule has 0 spiro atoms. The van der Waals surface area contributed by atoms with E-state index in [4.69, 9.17) is 9.84 Å². The van der Waals surface area contributed by atoms with Crippen LogP contribution in [-0.4, -0.2) is 41.8 Å². The molecule has 3 N–H and O–H groups in total. The molecule has 0 heterocycles. The normalized spacial score (nSPS) is 19.7. The van der Waals surface area contributed by atoms with Crippen molar-refractivity contribution in [2.75, 3.05) is 6.61 Å². The van der Waals surface area contributed by atoms with Crippen LogP contribution in [0.4, 0.5) is 4.79 Å². The fourth-order valence-corrected chi connectivity index (χ4v) is 5.15. The van der Waals surface area contributed by atoms with E-state index in [9.17, 15) is 14.4 Å². The third-order valence-electron chi connectivity index (χ3n) is 6.89. The maximum absolute atomic E-state index is 12.5. The van der Waals surface area contributed by atoms with Gasteiger partial charge in [0.05, 0.1) is 0 Å². The first-order chi connectivity index (χ1) is 16.4. The van der Waals surface area contributed by atoms with Gasteiger partial charge in [-0.05, 0) is 61.3 Å². The van der Waals surface area contributed by atoms with E-state index < -0.39 is 12.1 Å². The lowest BCUT2D eigenvalue weighted by molar-refractivity contribution is -0.137. The molecule has 4 rings (SSSR count). The van der Waals surface area contributed by atoms with Crippen molar-refractivity contribution < 1.29 is 24.2 Å². The molecule has 2 aliphatic carbocycles. The van der Waals surface area contributed by atoms with Gasteiger partial charge in [0.2, 0.25) is 5.91 Å². The van der Waals surface area contributed by atoms with Crippen molar-refractivity contribution in [3.63, 3.8) is 0 Å². The van der Waals surface area contributed by atoms with E-state index in [-0.39, 0.29) is 42.9 Å². The second-order valence-corrected chi connectivity index (χ2v) is 9.37. The molecule has 1 unspecified atom stereocenters. The summed E-state index contributed by atoms with van der Waals surface area (Å²) in [4.78, 5) is 35.7. The van der Waals surface area contributed by atoms with Gasteiger partial charge in [-0.25, -0.2) is 4.79 Å². The van der Waals surface area contributed by atoms with Gasteiger partial charge in [0.1, 0.15) is 6.61 Å². The molecule has 34 heavy (non-hydrogen) atoms. The van der Waals surface area contributed by atoms with E-state index in [1.807, 2.05) is 31.2 Å². The van der Waals surface area contributed by atoms with Gasteiger partial charge in [-0.1, -0.05) is 48.5 Å². The van der Waals surface area contributed by atoms with Crippen LogP contribution in [0.15, 0.2) is 48.5 Å². The number of benzene rings is 2. The molecule has 0 aromatic heterocycles. The summed E-state index contributed by atoms with van der Waals surface area (Å²) in [7, 11) is 0. The molecule has 7 nitrogen and oxygen atoms in total. The van der Waals surface area contributed by atoms with Gasteiger partial charge in [0.15, 0.2) is 0 Å². The fraction of sp³-hybridized carbons (Fsp3) is 0.444. The van der Waals surface area contributed by atoms with Crippen molar-refractivity contribution in [1.82, 2.24) is 10.6 Å². The zero-order valence-electron chi connectivity index (χ0n) is 19.5. The largest absolute Gasteiger partial charge is 0.481 e. The van der Waals surface area contributed by atoms with Crippen molar-refractivity contribution in [2.45, 2.75) is 63.5 Å². The minimum Gasteiger partial charge on any atom is -0.481 e. The maximum Gasteiger partial charge on any atom is 0.407 e. The summed E-state index contributed by atoms with van der Waals surface area (Å²) in [6, 6.07) is 16.3. The Bertz CT molecular complexity index is 1010. The molecule has 2 aromatic rings. The number of carboxylic acids is 1. The number of ether oxygens (including phenoxy) is 1. The topological polar surface area (TPSA) is 105 Å². The number of hydrogen-bond donors (Lipinski definition) is 3. The minimum absolute atomic E-state index is 0.0165. The first-order valence-corrected chi connectivity index (χ1v) is 12.1. The molecular weight excluding hydrogens is 432 g/mol. The van der Waals surface area contributed by atoms with Gasteiger partial charge in [-0.2, -0.15) is 0 Å². The van der Waals surface area contributed by atoms with E-state index in [0.717, 1.165) is 6.42 Å². The van der Waals surface area contributed by atoms with Crippen molar-refractivity contribution >= 4 is 18.0 Å². The Morgan fingerprint density at radius 1 is 1.03 bits per heavy atom. The van der Waals surface area contributed by atoms with E-state index in [0.29, 0.717) is 25.7 Å². The highest BCUT2D eigenvalue weighted by Gasteiger charge is 2.33. The van der Waals surface area contributed by atoms with Crippen molar-refractivity contribution in [2.24, 2.45) is 5.92 Å². The lowest BCUT2D eigenvalue weighted by atomic mass is 9.98. The predicted molar refractivity (Wildman–Crippen MR) is 128 cm³/mol. The summed E-state index contributed by atoms with van der Waals surface area (Å²) in [5.74, 6) is -0.986. The van der Waals surface area contributed by atoms with Gasteiger partial charge in [0.25, 0.3) is 0 Å². The number of amides is 2. The number of aliphatic carboxylic acids is 1. The van der Waals surface area contributed by atoms with E-state index >= 15 is 0 Å². The number of carbonyl (C=O) groups is 3. The molecule has 3 atom stereocenters. The van der Waals surface area contributed by atoms with Crippen LogP contribution in [0.2, 0.25) is 0 Å². The molecule has 2 amide bonds. The zero-order chi connectivity index (χ0) is 24.1. The summed E-state index contributed by atoms with van der Waals surface area (Å²) < 4.78 is 5.63. The highest BCUT2D eigenvalue weighted by molar-refractivity contribution is 5.80. The number of hydrogen-bond acceptors (Lipinski definition) is 4. The molecule has 0 bridgehead atoms. The average molecular weight is 465 g/mol. The number of rotatable bonds is 9. The number of carbonyl (C=O) groups excluding carboxylic acids is 2. The highest BCUT2D eigenvalue weighted by Crippen LogP contribution is 2.44. The summed E-state index contributed by atoms with van der Waals surface area (Å²) in [6.45, 7) is 2.16. The van der Waals surface area contributed by atoms with Crippen molar-refractivity contribution in [3.05, 3.63) is 59.7 Å². The molecule has 7 heteroatoms.